The molecule has 0 fully saturated rings. The van der Waals surface area contributed by atoms with Gasteiger partial charge in [0.05, 0.1) is 0 Å². The van der Waals surface area contributed by atoms with Crippen molar-refractivity contribution in [2.24, 2.45) is 0 Å². The van der Waals surface area contributed by atoms with Gasteiger partial charge in [-0.3, -0.25) is 4.79 Å². The molecule has 0 spiro atoms. The first-order valence-corrected chi connectivity index (χ1v) is 2.22. The molecule has 0 radical (unpaired) electrons. The Kier molecular flexibility index (Phi) is 7.43. The molecule has 0 aliphatic rings. The van der Waals surface area contributed by atoms with Crippen LogP contribution < -0.4 is 18.9 Å². The van der Waals surface area contributed by atoms with Gasteiger partial charge in [-0.1, -0.05) is 0 Å². The van der Waals surface area contributed by atoms with E-state index in [1.165, 1.54) is 6.92 Å². The molecule has 0 aromatic carbocycles. The third kappa shape index (κ3) is 4.39. The summed E-state index contributed by atoms with van der Waals surface area (Å²) in [7, 11) is 0. The predicted octanol–water partition coefficient (Wildman–Crippen LogP) is -2.50. The van der Waals surface area contributed by atoms with Gasteiger partial charge in [0.25, 0.3) is 0 Å². The van der Waals surface area contributed by atoms with Crippen LogP contribution in [0.3, 0.4) is 0 Å². The molecule has 0 bridgehead atoms. The Hall–Kier alpha value is 0.227. The van der Waals surface area contributed by atoms with E-state index in [4.69, 9.17) is 11.6 Å². The molecule has 1 atom stereocenters. The van der Waals surface area contributed by atoms with Gasteiger partial charge >= 0.3 is 18.9 Å². The van der Waals surface area contributed by atoms with E-state index < -0.39 is 5.38 Å². The zero-order valence-corrected chi connectivity index (χ0v) is 5.61. The first-order chi connectivity index (χ1) is 3.18. The zero-order valence-electron chi connectivity index (χ0n) is 5.85. The van der Waals surface area contributed by atoms with Crippen LogP contribution in [-0.4, -0.2) is 17.4 Å². The molecule has 0 saturated carbocycles. The second-order valence-electron chi connectivity index (χ2n) is 1.15. The van der Waals surface area contributed by atoms with Gasteiger partial charge in [0.1, 0.15) is 11.7 Å². The van der Waals surface area contributed by atoms with Gasteiger partial charge in [-0.25, -0.2) is 0 Å². The number of hydrogen-bond donors (Lipinski definition) is 0. The van der Waals surface area contributed by atoms with E-state index in [1.807, 2.05) is 0 Å². The summed E-state index contributed by atoms with van der Waals surface area (Å²) < 4.78 is 0. The largest absolute Gasteiger partial charge is 1.00 e. The standard InChI is InChI=1S/C4H5ClO2.Li.H/c1-3(7)4(5)2-6;;/h2,4H,1H3;;/q;+1;-1. The van der Waals surface area contributed by atoms with E-state index >= 15 is 0 Å². The molecule has 0 aliphatic carbocycles. The predicted molar refractivity (Wildman–Crippen MR) is 27.5 cm³/mol. The molecule has 4 heteroatoms. The quantitative estimate of drug-likeness (QED) is 0.178. The van der Waals surface area contributed by atoms with Gasteiger partial charge in [0.2, 0.25) is 0 Å². The molecule has 0 saturated heterocycles. The summed E-state index contributed by atoms with van der Waals surface area (Å²) in [4.78, 5) is 19.6. The molecule has 0 aromatic heterocycles. The third-order valence-electron chi connectivity index (χ3n) is 0.508. The van der Waals surface area contributed by atoms with Crippen LogP contribution in [0.2, 0.25) is 0 Å². The van der Waals surface area contributed by atoms with E-state index in [-0.39, 0.29) is 26.1 Å². The smallest absolute Gasteiger partial charge is 1.00 e. The Labute approximate surface area is 66.2 Å². The first-order valence-electron chi connectivity index (χ1n) is 1.78. The van der Waals surface area contributed by atoms with Crippen LogP contribution in [0.1, 0.15) is 8.35 Å². The molecule has 2 nitrogen and oxygen atoms in total. The normalized spacial score (nSPS) is 11.2. The van der Waals surface area contributed by atoms with Crippen LogP contribution in [0.4, 0.5) is 0 Å². The van der Waals surface area contributed by atoms with Crippen molar-refractivity contribution in [2.75, 3.05) is 0 Å². The van der Waals surface area contributed by atoms with Crippen LogP contribution in [0, 0.1) is 0 Å². The number of carbonyl (C=O) groups is 2. The van der Waals surface area contributed by atoms with Crippen molar-refractivity contribution >= 4 is 23.7 Å². The van der Waals surface area contributed by atoms with Gasteiger partial charge in [-0.05, 0) is 6.92 Å². The van der Waals surface area contributed by atoms with Crippen molar-refractivity contribution in [3.8, 4) is 0 Å². The Morgan fingerprint density at radius 3 is 2.25 bits per heavy atom. The van der Waals surface area contributed by atoms with Crippen LogP contribution in [0.5, 0.6) is 0 Å². The van der Waals surface area contributed by atoms with Crippen molar-refractivity contribution in [1.29, 1.82) is 0 Å². The van der Waals surface area contributed by atoms with Gasteiger partial charge in [-0.15, -0.1) is 11.6 Å². The molecular formula is C4H6ClLiO2. The fourth-order valence-electron chi connectivity index (χ4n) is 0.0958. The molecular weight excluding hydrogens is 122 g/mol. The number of rotatable bonds is 2. The van der Waals surface area contributed by atoms with Crippen molar-refractivity contribution in [2.45, 2.75) is 12.3 Å². The third-order valence-corrected chi connectivity index (χ3v) is 0.918. The van der Waals surface area contributed by atoms with Crippen molar-refractivity contribution in [1.82, 2.24) is 0 Å². The molecule has 0 rings (SSSR count). The summed E-state index contributed by atoms with van der Waals surface area (Å²) in [6.45, 7) is 1.27. The topological polar surface area (TPSA) is 34.1 Å². The Balaban J connectivity index is -0.000000180. The van der Waals surface area contributed by atoms with E-state index in [0.29, 0.717) is 6.29 Å². The van der Waals surface area contributed by atoms with E-state index in [2.05, 4.69) is 0 Å². The van der Waals surface area contributed by atoms with Crippen molar-refractivity contribution < 1.29 is 29.9 Å². The summed E-state index contributed by atoms with van der Waals surface area (Å²) in [5.74, 6) is -0.309. The minimum atomic E-state index is -0.944. The monoisotopic (exact) mass is 128 g/mol. The molecule has 0 heterocycles. The number of aldehydes is 1. The summed E-state index contributed by atoms with van der Waals surface area (Å²) in [6.07, 6.45) is 0.407. The maximum Gasteiger partial charge on any atom is 1.00 e. The minimum absolute atomic E-state index is 0. The Morgan fingerprint density at radius 2 is 2.25 bits per heavy atom. The van der Waals surface area contributed by atoms with Crippen LogP contribution >= 0.6 is 11.6 Å². The average Bonchev–Trinajstić information content (AvgIpc) is 1.65. The fourth-order valence-corrected chi connectivity index (χ4v) is 0.0958. The maximum atomic E-state index is 10.0. The first kappa shape index (κ1) is 11.1. The SMILES string of the molecule is CC(=O)C(Cl)C=O.[H-].[Li+]. The molecule has 8 heavy (non-hydrogen) atoms. The maximum absolute atomic E-state index is 10.0. The molecule has 0 aliphatic heterocycles. The number of ketones is 1. The van der Waals surface area contributed by atoms with Crippen molar-refractivity contribution in [3.05, 3.63) is 0 Å². The number of hydrogen-bond acceptors (Lipinski definition) is 2. The summed E-state index contributed by atoms with van der Waals surface area (Å²) in [5.41, 5.74) is 0. The molecule has 0 amide bonds. The van der Waals surface area contributed by atoms with E-state index in [1.54, 1.807) is 0 Å². The minimum Gasteiger partial charge on any atom is -1.00 e. The Morgan fingerprint density at radius 1 is 1.88 bits per heavy atom. The second kappa shape index (κ2) is 5.37. The zero-order chi connectivity index (χ0) is 5.86. The number of halogens is 1. The van der Waals surface area contributed by atoms with Gasteiger partial charge in [0, 0.05) is 0 Å². The summed E-state index contributed by atoms with van der Waals surface area (Å²) in [5, 5.41) is -0.944. The van der Waals surface area contributed by atoms with E-state index in [0.717, 1.165) is 0 Å². The average molecular weight is 128 g/mol. The van der Waals surface area contributed by atoms with Crippen LogP contribution in [-0.2, 0) is 9.59 Å². The number of Topliss-reactive ketones (excluding diaryl/α,β-unsaturated/α-hetero) is 1. The number of carbonyl (C=O) groups excluding carboxylic acids is 2. The molecule has 0 aromatic rings. The van der Waals surface area contributed by atoms with Crippen LogP contribution in [0.25, 0.3) is 0 Å². The fraction of sp³-hybridized carbons (Fsp3) is 0.500. The summed E-state index contributed by atoms with van der Waals surface area (Å²) in [6, 6.07) is 0. The Bertz CT molecular complexity index is 98.6. The van der Waals surface area contributed by atoms with Gasteiger partial charge in [0.15, 0.2) is 5.78 Å². The van der Waals surface area contributed by atoms with Crippen LogP contribution in [0.15, 0.2) is 0 Å². The summed E-state index contributed by atoms with van der Waals surface area (Å²) >= 11 is 5.08. The van der Waals surface area contributed by atoms with Crippen molar-refractivity contribution in [3.63, 3.8) is 0 Å². The molecule has 1 unspecified atom stereocenters. The van der Waals surface area contributed by atoms with Gasteiger partial charge < -0.3 is 6.22 Å². The second-order valence-corrected chi connectivity index (χ2v) is 1.62. The number of alkyl halides is 1. The molecule has 42 valence electrons. The van der Waals surface area contributed by atoms with E-state index in [9.17, 15) is 9.59 Å². The molecule has 0 N–H and O–H groups in total. The van der Waals surface area contributed by atoms with Gasteiger partial charge in [-0.2, -0.15) is 0 Å².